The van der Waals surface area contributed by atoms with Gasteiger partial charge in [-0.1, -0.05) is 19.8 Å². The third kappa shape index (κ3) is 6.56. The third-order valence-electron chi connectivity index (χ3n) is 3.66. The van der Waals surface area contributed by atoms with Crippen LogP contribution in [0.4, 0.5) is 0 Å². The average molecular weight is 355 g/mol. The van der Waals surface area contributed by atoms with Crippen LogP contribution in [-0.2, 0) is 14.6 Å². The highest BCUT2D eigenvalue weighted by molar-refractivity contribution is 7.90. The smallest absolute Gasteiger partial charge is 0.175 e. The fraction of sp³-hybridized carbons (Fsp3) is 0.579. The van der Waals surface area contributed by atoms with E-state index in [1.54, 1.807) is 24.3 Å². The van der Waals surface area contributed by atoms with Crippen molar-refractivity contribution < 1.29 is 17.9 Å². The van der Waals surface area contributed by atoms with Gasteiger partial charge in [-0.05, 0) is 64.0 Å². The number of hydrogen-bond acceptors (Lipinski definition) is 4. The van der Waals surface area contributed by atoms with Crippen LogP contribution in [0.5, 0.6) is 5.75 Å². The Bertz CT molecular complexity index is 628. The summed E-state index contributed by atoms with van der Waals surface area (Å²) in [5, 5.41) is 0. The van der Waals surface area contributed by atoms with E-state index < -0.39 is 15.4 Å². The zero-order chi connectivity index (χ0) is 18.2. The Morgan fingerprint density at radius 1 is 1.12 bits per heavy atom. The Hall–Kier alpha value is -1.49. The number of ether oxygens (including phenoxy) is 2. The van der Waals surface area contributed by atoms with Gasteiger partial charge >= 0.3 is 0 Å². The molecule has 1 rings (SSSR count). The summed E-state index contributed by atoms with van der Waals surface area (Å²) < 4.78 is 34.9. The predicted octanol–water partition coefficient (Wildman–Crippen LogP) is 4.75. The van der Waals surface area contributed by atoms with Crippen molar-refractivity contribution in [1.29, 1.82) is 0 Å². The normalized spacial score (nSPS) is 13.0. The fourth-order valence-corrected chi connectivity index (χ4v) is 2.99. The fourth-order valence-electron chi connectivity index (χ4n) is 2.36. The van der Waals surface area contributed by atoms with E-state index in [2.05, 4.69) is 13.0 Å². The van der Waals surface area contributed by atoms with Crippen LogP contribution in [-0.4, -0.2) is 26.9 Å². The van der Waals surface area contributed by atoms with Gasteiger partial charge in [-0.15, -0.1) is 0 Å². The molecule has 1 aromatic rings. The maximum atomic E-state index is 11.5. The molecule has 0 aromatic heterocycles. The van der Waals surface area contributed by atoms with E-state index in [9.17, 15) is 8.42 Å². The molecule has 0 radical (unpaired) electrons. The van der Waals surface area contributed by atoms with E-state index in [0.29, 0.717) is 12.4 Å². The maximum Gasteiger partial charge on any atom is 0.175 e. The van der Waals surface area contributed by atoms with Crippen molar-refractivity contribution in [2.75, 3.05) is 12.9 Å². The lowest BCUT2D eigenvalue weighted by molar-refractivity contribution is 0.0621. The summed E-state index contributed by atoms with van der Waals surface area (Å²) in [6.45, 7) is 8.63. The summed E-state index contributed by atoms with van der Waals surface area (Å²) in [4.78, 5) is 0.285. The van der Waals surface area contributed by atoms with Gasteiger partial charge in [0.05, 0.1) is 11.5 Å². The molecule has 24 heavy (non-hydrogen) atoms. The second-order valence-electron chi connectivity index (χ2n) is 6.35. The van der Waals surface area contributed by atoms with Crippen molar-refractivity contribution in [3.8, 4) is 5.75 Å². The molecule has 136 valence electrons. The van der Waals surface area contributed by atoms with E-state index in [-0.39, 0.29) is 4.90 Å². The van der Waals surface area contributed by atoms with Crippen molar-refractivity contribution in [3.63, 3.8) is 0 Å². The molecule has 5 heteroatoms. The van der Waals surface area contributed by atoms with Gasteiger partial charge in [0.1, 0.15) is 11.5 Å². The first-order valence-electron chi connectivity index (χ1n) is 8.53. The molecule has 0 N–H and O–H groups in total. The third-order valence-corrected chi connectivity index (χ3v) is 4.78. The van der Waals surface area contributed by atoms with Gasteiger partial charge in [0.15, 0.2) is 15.4 Å². The SMILES string of the molecule is CCCCC/C=C(\OCC)C(C)(C)Oc1ccc(S(C)(=O)=O)cc1. The van der Waals surface area contributed by atoms with Gasteiger partial charge < -0.3 is 9.47 Å². The van der Waals surface area contributed by atoms with E-state index in [1.807, 2.05) is 20.8 Å². The second-order valence-corrected chi connectivity index (χ2v) is 8.37. The Morgan fingerprint density at radius 2 is 1.75 bits per heavy atom. The molecule has 0 unspecified atom stereocenters. The number of allylic oxidation sites excluding steroid dienone is 1. The Labute approximate surface area is 146 Å². The van der Waals surface area contributed by atoms with Crippen molar-refractivity contribution in [1.82, 2.24) is 0 Å². The quantitative estimate of drug-likeness (QED) is 0.449. The maximum absolute atomic E-state index is 11.5. The predicted molar refractivity (Wildman–Crippen MR) is 98.1 cm³/mol. The van der Waals surface area contributed by atoms with Crippen LogP contribution in [0.1, 0.15) is 53.4 Å². The molecular formula is C19H30O4S. The minimum Gasteiger partial charge on any atom is -0.494 e. The molecule has 0 fully saturated rings. The molecule has 0 aliphatic carbocycles. The first-order chi connectivity index (χ1) is 11.2. The van der Waals surface area contributed by atoms with Crippen molar-refractivity contribution in [3.05, 3.63) is 36.1 Å². The van der Waals surface area contributed by atoms with Crippen molar-refractivity contribution in [2.45, 2.75) is 63.9 Å². The van der Waals surface area contributed by atoms with Crippen molar-refractivity contribution in [2.24, 2.45) is 0 Å². The number of unbranched alkanes of at least 4 members (excludes halogenated alkanes) is 3. The minimum atomic E-state index is -3.20. The van der Waals surface area contributed by atoms with Crippen LogP contribution < -0.4 is 4.74 Å². The lowest BCUT2D eigenvalue weighted by Gasteiger charge is -2.29. The van der Waals surface area contributed by atoms with Gasteiger partial charge in [-0.2, -0.15) is 0 Å². The summed E-state index contributed by atoms with van der Waals surface area (Å²) in [5.41, 5.74) is -0.616. The molecule has 0 saturated carbocycles. The second kappa shape index (κ2) is 9.11. The van der Waals surface area contributed by atoms with Gasteiger partial charge in [0, 0.05) is 6.26 Å². The number of benzene rings is 1. The lowest BCUT2D eigenvalue weighted by atomic mass is 10.0. The minimum absolute atomic E-state index is 0.285. The van der Waals surface area contributed by atoms with Crippen LogP contribution in [0.25, 0.3) is 0 Å². The first-order valence-corrected chi connectivity index (χ1v) is 10.4. The highest BCUT2D eigenvalue weighted by Gasteiger charge is 2.27. The zero-order valence-corrected chi connectivity index (χ0v) is 16.3. The van der Waals surface area contributed by atoms with E-state index in [1.165, 1.54) is 19.1 Å². The Balaban J connectivity index is 2.87. The first kappa shape index (κ1) is 20.6. The lowest BCUT2D eigenvalue weighted by Crippen LogP contribution is -2.32. The monoisotopic (exact) mass is 354 g/mol. The molecule has 0 bridgehead atoms. The van der Waals surface area contributed by atoms with Crippen LogP contribution in [0.2, 0.25) is 0 Å². The van der Waals surface area contributed by atoms with Crippen molar-refractivity contribution >= 4 is 9.84 Å². The molecule has 0 amide bonds. The van der Waals surface area contributed by atoms with E-state index >= 15 is 0 Å². The highest BCUT2D eigenvalue weighted by Crippen LogP contribution is 2.27. The van der Waals surface area contributed by atoms with Gasteiger partial charge in [-0.3, -0.25) is 0 Å². The van der Waals surface area contributed by atoms with Crippen LogP contribution in [0.15, 0.2) is 41.0 Å². The number of sulfone groups is 1. The molecule has 0 atom stereocenters. The van der Waals surface area contributed by atoms with Crippen LogP contribution >= 0.6 is 0 Å². The average Bonchev–Trinajstić information content (AvgIpc) is 2.49. The van der Waals surface area contributed by atoms with Crippen LogP contribution in [0.3, 0.4) is 0 Å². The highest BCUT2D eigenvalue weighted by atomic mass is 32.2. The summed E-state index contributed by atoms with van der Waals surface area (Å²) in [6, 6.07) is 6.48. The molecular weight excluding hydrogens is 324 g/mol. The summed E-state index contributed by atoms with van der Waals surface area (Å²) >= 11 is 0. The standard InChI is InChI=1S/C19H30O4S/c1-6-8-9-10-11-18(22-7-2)19(3,4)23-16-12-14-17(15-13-16)24(5,20)21/h11-15H,6-10H2,1-5H3/b18-11-. The summed E-state index contributed by atoms with van der Waals surface area (Å²) in [6.07, 6.45) is 7.77. The molecule has 0 heterocycles. The van der Waals surface area contributed by atoms with E-state index in [0.717, 1.165) is 18.6 Å². The molecule has 0 aliphatic heterocycles. The molecule has 4 nitrogen and oxygen atoms in total. The van der Waals surface area contributed by atoms with E-state index in [4.69, 9.17) is 9.47 Å². The van der Waals surface area contributed by atoms with Gasteiger partial charge in [0.2, 0.25) is 0 Å². The number of rotatable bonds is 10. The Morgan fingerprint density at radius 3 is 2.25 bits per heavy atom. The Kier molecular flexibility index (Phi) is 7.80. The van der Waals surface area contributed by atoms with Crippen LogP contribution in [0, 0.1) is 0 Å². The molecule has 0 saturated heterocycles. The van der Waals surface area contributed by atoms with Gasteiger partial charge in [-0.25, -0.2) is 8.42 Å². The molecule has 0 spiro atoms. The molecule has 0 aliphatic rings. The molecule has 1 aromatic carbocycles. The summed E-state index contributed by atoms with van der Waals surface area (Å²) in [5.74, 6) is 1.43. The zero-order valence-electron chi connectivity index (χ0n) is 15.5. The number of hydrogen-bond donors (Lipinski definition) is 0. The summed E-state index contributed by atoms with van der Waals surface area (Å²) in [7, 11) is -3.20. The largest absolute Gasteiger partial charge is 0.494 e. The topological polar surface area (TPSA) is 52.6 Å². The van der Waals surface area contributed by atoms with Gasteiger partial charge in [0.25, 0.3) is 0 Å².